The molecule has 2 fully saturated rings. The number of nitrogens with zero attached hydrogens (tertiary/aromatic N) is 1. The number of aromatic nitrogens is 1. The van der Waals surface area contributed by atoms with Gasteiger partial charge >= 0.3 is 12.2 Å². The Kier molecular flexibility index (Phi) is 3.59. The third-order valence-corrected chi connectivity index (χ3v) is 5.09. The van der Waals surface area contributed by atoms with Crippen LogP contribution in [0.5, 0.6) is 0 Å². The van der Waals surface area contributed by atoms with Crippen LogP contribution in [0.3, 0.4) is 0 Å². The van der Waals surface area contributed by atoms with Crippen LogP contribution in [0.25, 0.3) is 0 Å². The number of hydrogen-bond donors (Lipinski definition) is 2. The molecule has 0 aromatic carbocycles. The molecule has 3 atom stereocenters. The maximum atomic E-state index is 13.1. The molecule has 0 radical (unpaired) electrons. The molecular weight excluding hydrogens is 303 g/mol. The number of alkyl halides is 3. The first kappa shape index (κ1) is 14.6. The second-order valence-corrected chi connectivity index (χ2v) is 6.73. The smallest absolute Gasteiger partial charge is 0.335 e. The van der Waals surface area contributed by atoms with Gasteiger partial charge in [-0.2, -0.15) is 13.2 Å². The van der Waals surface area contributed by atoms with E-state index in [0.717, 1.165) is 24.2 Å². The van der Waals surface area contributed by atoms with Crippen LogP contribution < -0.4 is 10.6 Å². The summed E-state index contributed by atoms with van der Waals surface area (Å²) in [4.78, 5) is 15.6. The summed E-state index contributed by atoms with van der Waals surface area (Å²) in [6.45, 7) is 1.62. The minimum absolute atomic E-state index is 0.000615. The van der Waals surface area contributed by atoms with Crippen LogP contribution in [-0.4, -0.2) is 23.2 Å². The number of nitrogens with one attached hydrogen (secondary N) is 2. The SMILES string of the molecule is Cc1csc(C(NC(=O)NC2CC3CC3C2)C(F)(F)F)n1. The van der Waals surface area contributed by atoms with E-state index in [1.54, 1.807) is 6.92 Å². The number of carbonyl (C=O) groups is 1. The fourth-order valence-electron chi connectivity index (χ4n) is 2.98. The molecule has 0 spiro atoms. The monoisotopic (exact) mass is 319 g/mol. The normalized spacial score (nSPS) is 28.9. The Balaban J connectivity index is 1.62. The highest BCUT2D eigenvalue weighted by molar-refractivity contribution is 7.09. The first-order valence-corrected chi connectivity index (χ1v) is 7.76. The molecule has 1 heterocycles. The Hall–Kier alpha value is -1.31. The lowest BCUT2D eigenvalue weighted by Crippen LogP contribution is -2.46. The summed E-state index contributed by atoms with van der Waals surface area (Å²) in [5, 5.41) is 6.07. The number of aryl methyl sites for hydroxylation is 1. The molecule has 3 unspecified atom stereocenters. The van der Waals surface area contributed by atoms with E-state index in [4.69, 9.17) is 0 Å². The zero-order chi connectivity index (χ0) is 15.2. The topological polar surface area (TPSA) is 54.0 Å². The van der Waals surface area contributed by atoms with Gasteiger partial charge in [0.2, 0.25) is 0 Å². The van der Waals surface area contributed by atoms with Crippen molar-refractivity contribution >= 4 is 17.4 Å². The van der Waals surface area contributed by atoms with Crippen LogP contribution in [0.2, 0.25) is 0 Å². The highest BCUT2D eigenvalue weighted by Crippen LogP contribution is 2.51. The molecule has 3 rings (SSSR count). The Morgan fingerprint density at radius 1 is 1.38 bits per heavy atom. The number of urea groups is 1. The fourth-order valence-corrected chi connectivity index (χ4v) is 3.85. The van der Waals surface area contributed by atoms with Crippen molar-refractivity contribution in [3.05, 3.63) is 16.1 Å². The predicted octanol–water partition coefficient (Wildman–Crippen LogP) is 3.15. The molecule has 4 nitrogen and oxygen atoms in total. The van der Waals surface area contributed by atoms with E-state index in [2.05, 4.69) is 10.3 Å². The van der Waals surface area contributed by atoms with Gasteiger partial charge in [0.05, 0.1) is 0 Å². The van der Waals surface area contributed by atoms with Crippen molar-refractivity contribution in [1.82, 2.24) is 15.6 Å². The Morgan fingerprint density at radius 3 is 2.57 bits per heavy atom. The van der Waals surface area contributed by atoms with Crippen LogP contribution in [0.4, 0.5) is 18.0 Å². The number of amides is 2. The maximum absolute atomic E-state index is 13.1. The van der Waals surface area contributed by atoms with Gasteiger partial charge in [0, 0.05) is 17.1 Å². The van der Waals surface area contributed by atoms with Gasteiger partial charge in [-0.15, -0.1) is 11.3 Å². The molecule has 2 N–H and O–H groups in total. The molecule has 2 aliphatic carbocycles. The minimum atomic E-state index is -4.56. The molecule has 0 saturated heterocycles. The van der Waals surface area contributed by atoms with E-state index >= 15 is 0 Å². The van der Waals surface area contributed by atoms with Crippen molar-refractivity contribution in [1.29, 1.82) is 0 Å². The lowest BCUT2D eigenvalue weighted by atomic mass is 10.2. The molecule has 116 valence electrons. The molecular formula is C13H16F3N3OS. The van der Waals surface area contributed by atoms with Crippen LogP contribution in [0.1, 0.15) is 36.0 Å². The Bertz CT molecular complexity index is 535. The largest absolute Gasteiger partial charge is 0.415 e. The standard InChI is InChI=1S/C13H16F3N3OS/c1-6-5-21-11(17-6)10(13(14,15)16)19-12(20)18-9-3-7-2-8(7)4-9/h5,7-10H,2-4H2,1H3,(H2,18,19,20). The van der Waals surface area contributed by atoms with Gasteiger partial charge in [0.15, 0.2) is 6.04 Å². The quantitative estimate of drug-likeness (QED) is 0.899. The number of thiazole rings is 1. The lowest BCUT2D eigenvalue weighted by molar-refractivity contribution is -0.155. The lowest BCUT2D eigenvalue weighted by Gasteiger charge is -2.22. The molecule has 1 aromatic rings. The average molecular weight is 319 g/mol. The van der Waals surface area contributed by atoms with Gasteiger partial charge in [0.1, 0.15) is 5.01 Å². The molecule has 21 heavy (non-hydrogen) atoms. The number of carbonyl (C=O) groups excluding carboxylic acids is 1. The van der Waals surface area contributed by atoms with Crippen molar-refractivity contribution in [2.75, 3.05) is 0 Å². The number of fused-ring (bicyclic) bond motifs is 1. The summed E-state index contributed by atoms with van der Waals surface area (Å²) >= 11 is 0.903. The van der Waals surface area contributed by atoms with E-state index in [0.29, 0.717) is 17.5 Å². The molecule has 2 aliphatic rings. The first-order valence-electron chi connectivity index (χ1n) is 6.88. The highest BCUT2D eigenvalue weighted by atomic mass is 32.1. The van der Waals surface area contributed by atoms with Crippen molar-refractivity contribution in [2.24, 2.45) is 11.8 Å². The van der Waals surface area contributed by atoms with Crippen LogP contribution in [0.15, 0.2) is 5.38 Å². The molecule has 0 bridgehead atoms. The highest BCUT2D eigenvalue weighted by Gasteiger charge is 2.47. The van der Waals surface area contributed by atoms with E-state index in [1.807, 2.05) is 5.32 Å². The van der Waals surface area contributed by atoms with Crippen LogP contribution in [-0.2, 0) is 0 Å². The van der Waals surface area contributed by atoms with Gasteiger partial charge in [-0.05, 0) is 38.0 Å². The van der Waals surface area contributed by atoms with E-state index < -0.39 is 18.2 Å². The van der Waals surface area contributed by atoms with Gasteiger partial charge < -0.3 is 10.6 Å². The summed E-state index contributed by atoms with van der Waals surface area (Å²) in [6, 6.07) is -2.82. The van der Waals surface area contributed by atoms with Gasteiger partial charge in [-0.25, -0.2) is 9.78 Å². The van der Waals surface area contributed by atoms with Crippen molar-refractivity contribution in [3.8, 4) is 0 Å². The Labute approximate surface area is 124 Å². The molecule has 1 aromatic heterocycles. The van der Waals surface area contributed by atoms with Crippen LogP contribution >= 0.6 is 11.3 Å². The predicted molar refractivity (Wildman–Crippen MR) is 71.9 cm³/mol. The molecule has 8 heteroatoms. The molecule has 2 saturated carbocycles. The summed E-state index contributed by atoms with van der Waals surface area (Å²) in [5.74, 6) is 1.32. The summed E-state index contributed by atoms with van der Waals surface area (Å²) in [6.07, 6.45) is -1.60. The van der Waals surface area contributed by atoms with E-state index in [1.165, 1.54) is 11.8 Å². The Morgan fingerprint density at radius 2 is 2.05 bits per heavy atom. The number of halogens is 3. The second-order valence-electron chi connectivity index (χ2n) is 5.84. The van der Waals surface area contributed by atoms with Crippen molar-refractivity contribution in [2.45, 2.75) is 44.4 Å². The van der Waals surface area contributed by atoms with Crippen molar-refractivity contribution in [3.63, 3.8) is 0 Å². The molecule has 0 aliphatic heterocycles. The van der Waals surface area contributed by atoms with Crippen molar-refractivity contribution < 1.29 is 18.0 Å². The zero-order valence-electron chi connectivity index (χ0n) is 11.4. The number of hydrogen-bond acceptors (Lipinski definition) is 3. The first-order chi connectivity index (χ1) is 9.83. The summed E-state index contributed by atoms with van der Waals surface area (Å²) < 4.78 is 39.2. The van der Waals surface area contributed by atoms with E-state index in [-0.39, 0.29) is 11.0 Å². The fraction of sp³-hybridized carbons (Fsp3) is 0.692. The maximum Gasteiger partial charge on any atom is 0.415 e. The summed E-state index contributed by atoms with van der Waals surface area (Å²) in [5.41, 5.74) is 0.516. The molecule has 2 amide bonds. The van der Waals surface area contributed by atoms with Gasteiger partial charge in [-0.1, -0.05) is 0 Å². The van der Waals surface area contributed by atoms with Gasteiger partial charge in [0.25, 0.3) is 0 Å². The summed E-state index contributed by atoms with van der Waals surface area (Å²) in [7, 11) is 0. The number of rotatable bonds is 3. The average Bonchev–Trinajstić information content (AvgIpc) is 2.79. The third-order valence-electron chi connectivity index (χ3n) is 4.07. The second kappa shape index (κ2) is 5.15. The zero-order valence-corrected chi connectivity index (χ0v) is 12.2. The van der Waals surface area contributed by atoms with Crippen LogP contribution in [0, 0.1) is 18.8 Å². The third kappa shape index (κ3) is 3.30. The van der Waals surface area contributed by atoms with E-state index in [9.17, 15) is 18.0 Å². The minimum Gasteiger partial charge on any atom is -0.335 e. The van der Waals surface area contributed by atoms with Gasteiger partial charge in [-0.3, -0.25) is 0 Å².